The van der Waals surface area contributed by atoms with Gasteiger partial charge in [-0.1, -0.05) is 12.1 Å². The van der Waals surface area contributed by atoms with E-state index in [1.54, 1.807) is 41.3 Å². The van der Waals surface area contributed by atoms with Crippen molar-refractivity contribution in [2.24, 2.45) is 0 Å². The van der Waals surface area contributed by atoms with Crippen molar-refractivity contribution in [3.63, 3.8) is 0 Å². The average Bonchev–Trinajstić information content (AvgIpc) is 3.21. The van der Waals surface area contributed by atoms with Crippen LogP contribution in [0.2, 0.25) is 0 Å². The highest BCUT2D eigenvalue weighted by Crippen LogP contribution is 2.41. The Morgan fingerprint density at radius 2 is 1.76 bits per heavy atom. The smallest absolute Gasteiger partial charge is 0.269 e. The van der Waals surface area contributed by atoms with Crippen molar-refractivity contribution < 1.29 is 19.2 Å². The van der Waals surface area contributed by atoms with Crippen molar-refractivity contribution in [2.75, 3.05) is 17.0 Å². The zero-order chi connectivity index (χ0) is 20.0. The third kappa shape index (κ3) is 2.82. The summed E-state index contributed by atoms with van der Waals surface area (Å²) in [4.78, 5) is 25.5. The van der Waals surface area contributed by atoms with Gasteiger partial charge >= 0.3 is 0 Å². The van der Waals surface area contributed by atoms with Gasteiger partial charge in [0.1, 0.15) is 6.17 Å². The molecule has 1 N–H and O–H groups in total. The molecule has 2 aliphatic heterocycles. The normalized spacial score (nSPS) is 16.9. The topological polar surface area (TPSA) is 93.9 Å². The summed E-state index contributed by atoms with van der Waals surface area (Å²) < 4.78 is 10.8. The van der Waals surface area contributed by atoms with Gasteiger partial charge in [0.25, 0.3) is 11.6 Å². The fraction of sp³-hybridized carbons (Fsp3) is 0.0952. The minimum atomic E-state index is -0.543. The number of carbonyl (C=O) groups is 1. The molecular formula is C21H15N3O5. The summed E-state index contributed by atoms with van der Waals surface area (Å²) in [5.41, 5.74) is 2.59. The number of non-ortho nitro benzene ring substituents is 1. The Kier molecular flexibility index (Phi) is 3.83. The number of ether oxygens (including phenoxy) is 2. The van der Waals surface area contributed by atoms with E-state index in [-0.39, 0.29) is 18.4 Å². The fourth-order valence-corrected chi connectivity index (χ4v) is 3.57. The molecule has 3 aromatic rings. The lowest BCUT2D eigenvalue weighted by Crippen LogP contribution is -2.43. The quantitative estimate of drug-likeness (QED) is 0.536. The van der Waals surface area contributed by atoms with E-state index in [1.807, 2.05) is 18.2 Å². The summed E-state index contributed by atoms with van der Waals surface area (Å²) in [7, 11) is 0. The molecule has 144 valence electrons. The summed E-state index contributed by atoms with van der Waals surface area (Å²) in [6.07, 6.45) is -0.543. The first-order valence-corrected chi connectivity index (χ1v) is 8.95. The van der Waals surface area contributed by atoms with Crippen molar-refractivity contribution in [1.82, 2.24) is 0 Å². The maximum Gasteiger partial charge on any atom is 0.269 e. The Labute approximate surface area is 165 Å². The Balaban J connectivity index is 1.62. The van der Waals surface area contributed by atoms with E-state index in [1.165, 1.54) is 12.1 Å². The lowest BCUT2D eigenvalue weighted by Gasteiger charge is -2.38. The van der Waals surface area contributed by atoms with Crippen LogP contribution < -0.4 is 19.7 Å². The number of nitro benzene ring substituents is 1. The maximum absolute atomic E-state index is 13.4. The molecule has 0 spiro atoms. The van der Waals surface area contributed by atoms with Gasteiger partial charge in [0.2, 0.25) is 6.79 Å². The SMILES string of the molecule is O=C1c2ccccc2N[C@H](c2ccc([N+](=O)[O-])cc2)N1c1ccc2c(c1)OCO2. The minimum absolute atomic E-state index is 0.00841. The number of nitrogens with zero attached hydrogens (tertiary/aromatic N) is 2. The van der Waals surface area contributed by atoms with Gasteiger partial charge in [0.05, 0.1) is 16.2 Å². The second-order valence-electron chi connectivity index (χ2n) is 6.65. The van der Waals surface area contributed by atoms with E-state index in [0.29, 0.717) is 28.4 Å². The molecule has 2 heterocycles. The molecule has 0 unspecified atom stereocenters. The Bertz CT molecular complexity index is 1130. The molecular weight excluding hydrogens is 374 g/mol. The first-order valence-electron chi connectivity index (χ1n) is 8.95. The second kappa shape index (κ2) is 6.52. The summed E-state index contributed by atoms with van der Waals surface area (Å²) in [6, 6.07) is 18.7. The number of nitro groups is 1. The van der Waals surface area contributed by atoms with Crippen molar-refractivity contribution in [1.29, 1.82) is 0 Å². The predicted molar refractivity (Wildman–Crippen MR) is 105 cm³/mol. The molecule has 8 nitrogen and oxygen atoms in total. The zero-order valence-electron chi connectivity index (χ0n) is 15.1. The highest BCUT2D eigenvalue weighted by atomic mass is 16.7. The molecule has 0 bridgehead atoms. The lowest BCUT2D eigenvalue weighted by atomic mass is 10.0. The molecule has 1 amide bonds. The van der Waals surface area contributed by atoms with Gasteiger partial charge in [-0.2, -0.15) is 0 Å². The van der Waals surface area contributed by atoms with Crippen LogP contribution in [-0.2, 0) is 0 Å². The van der Waals surface area contributed by atoms with Gasteiger partial charge in [-0.25, -0.2) is 0 Å². The van der Waals surface area contributed by atoms with Crippen LogP contribution in [0.1, 0.15) is 22.1 Å². The summed E-state index contributed by atoms with van der Waals surface area (Å²) in [5, 5.41) is 14.4. The lowest BCUT2D eigenvalue weighted by molar-refractivity contribution is -0.384. The average molecular weight is 389 g/mol. The van der Waals surface area contributed by atoms with Crippen LogP contribution in [-0.4, -0.2) is 17.6 Å². The Morgan fingerprint density at radius 1 is 1.00 bits per heavy atom. The van der Waals surface area contributed by atoms with E-state index in [2.05, 4.69) is 5.32 Å². The number of hydrogen-bond donors (Lipinski definition) is 1. The number of carbonyl (C=O) groups excluding carboxylic acids is 1. The summed E-state index contributed by atoms with van der Waals surface area (Å²) >= 11 is 0. The van der Waals surface area contributed by atoms with E-state index < -0.39 is 11.1 Å². The van der Waals surface area contributed by atoms with E-state index in [0.717, 1.165) is 5.56 Å². The number of hydrogen-bond acceptors (Lipinski definition) is 6. The van der Waals surface area contributed by atoms with Crippen LogP contribution in [0.3, 0.4) is 0 Å². The summed E-state index contributed by atoms with van der Waals surface area (Å²) in [6.45, 7) is 0.138. The molecule has 3 aromatic carbocycles. The van der Waals surface area contributed by atoms with Crippen molar-refractivity contribution in [3.05, 3.63) is 88.0 Å². The first kappa shape index (κ1) is 17.1. The number of fused-ring (bicyclic) bond motifs is 2. The number of anilines is 2. The number of para-hydroxylation sites is 1. The van der Waals surface area contributed by atoms with Crippen LogP contribution in [0.4, 0.5) is 17.1 Å². The molecule has 8 heteroatoms. The van der Waals surface area contributed by atoms with Gasteiger partial charge in [0, 0.05) is 23.9 Å². The fourth-order valence-electron chi connectivity index (χ4n) is 3.57. The number of nitrogens with one attached hydrogen (secondary N) is 1. The summed E-state index contributed by atoms with van der Waals surface area (Å²) in [5.74, 6) is 1.01. The standard InChI is InChI=1S/C21H15N3O5/c25-21-16-3-1-2-4-17(16)22-20(13-5-7-14(8-6-13)24(26)27)23(21)15-9-10-18-19(11-15)29-12-28-18/h1-11,20,22H,12H2/t20-/m0/s1. The minimum Gasteiger partial charge on any atom is -0.454 e. The second-order valence-corrected chi connectivity index (χ2v) is 6.65. The van der Waals surface area contributed by atoms with Crippen LogP contribution in [0.5, 0.6) is 11.5 Å². The maximum atomic E-state index is 13.4. The molecule has 1 atom stereocenters. The van der Waals surface area contributed by atoms with E-state index in [4.69, 9.17) is 9.47 Å². The van der Waals surface area contributed by atoms with Crippen LogP contribution in [0.25, 0.3) is 0 Å². The number of rotatable bonds is 3. The van der Waals surface area contributed by atoms with Gasteiger partial charge < -0.3 is 14.8 Å². The van der Waals surface area contributed by atoms with Gasteiger partial charge in [0.15, 0.2) is 11.5 Å². The molecule has 0 saturated heterocycles. The molecule has 0 aliphatic carbocycles. The Hall–Kier alpha value is -4.07. The van der Waals surface area contributed by atoms with Crippen molar-refractivity contribution in [3.8, 4) is 11.5 Å². The third-order valence-electron chi connectivity index (χ3n) is 4.98. The first-order chi connectivity index (χ1) is 14.1. The highest BCUT2D eigenvalue weighted by molar-refractivity contribution is 6.12. The van der Waals surface area contributed by atoms with Crippen LogP contribution in [0.15, 0.2) is 66.7 Å². The van der Waals surface area contributed by atoms with Crippen LogP contribution in [0, 0.1) is 10.1 Å². The van der Waals surface area contributed by atoms with Crippen molar-refractivity contribution >= 4 is 23.0 Å². The van der Waals surface area contributed by atoms with Crippen LogP contribution >= 0.6 is 0 Å². The molecule has 0 fully saturated rings. The van der Waals surface area contributed by atoms with Gasteiger partial charge in [-0.3, -0.25) is 19.8 Å². The number of amides is 1. The Morgan fingerprint density at radius 3 is 2.55 bits per heavy atom. The van der Waals surface area contributed by atoms with Crippen molar-refractivity contribution in [2.45, 2.75) is 6.17 Å². The van der Waals surface area contributed by atoms with Gasteiger partial charge in [-0.15, -0.1) is 0 Å². The number of benzene rings is 3. The monoisotopic (exact) mass is 389 g/mol. The molecule has 0 aromatic heterocycles. The molecule has 5 rings (SSSR count). The molecule has 29 heavy (non-hydrogen) atoms. The highest BCUT2D eigenvalue weighted by Gasteiger charge is 2.35. The predicted octanol–water partition coefficient (Wildman–Crippen LogP) is 4.09. The zero-order valence-corrected chi connectivity index (χ0v) is 15.1. The largest absolute Gasteiger partial charge is 0.454 e. The van der Waals surface area contributed by atoms with E-state index >= 15 is 0 Å². The van der Waals surface area contributed by atoms with E-state index in [9.17, 15) is 14.9 Å². The molecule has 2 aliphatic rings. The molecule has 0 saturated carbocycles. The molecule has 0 radical (unpaired) electrons. The third-order valence-corrected chi connectivity index (χ3v) is 4.98. The van der Waals surface area contributed by atoms with Gasteiger partial charge in [-0.05, 0) is 42.0 Å².